The van der Waals surface area contributed by atoms with Gasteiger partial charge in [-0.3, -0.25) is 9.78 Å². The van der Waals surface area contributed by atoms with Crippen molar-refractivity contribution in [3.8, 4) is 0 Å². The first kappa shape index (κ1) is 15.9. The summed E-state index contributed by atoms with van der Waals surface area (Å²) in [6.07, 6.45) is 0.217. The van der Waals surface area contributed by atoms with E-state index in [1.54, 1.807) is 4.90 Å². The molecule has 23 heavy (non-hydrogen) atoms. The number of nitrogens with zero attached hydrogens (tertiary/aromatic N) is 2. The molecular formula is C19H24N2O2. The largest absolute Gasteiger partial charge is 0.391 e. The number of carbonyl (C=O) groups excluding carboxylic acids is 1. The van der Waals surface area contributed by atoms with Gasteiger partial charge in [0.2, 0.25) is 5.91 Å². The van der Waals surface area contributed by atoms with Gasteiger partial charge in [0.25, 0.3) is 0 Å². The summed E-state index contributed by atoms with van der Waals surface area (Å²) in [5.74, 6) is 0.153. The third-order valence-electron chi connectivity index (χ3n) is 4.46. The molecule has 0 bridgehead atoms. The van der Waals surface area contributed by atoms with Crippen molar-refractivity contribution in [1.29, 1.82) is 0 Å². The van der Waals surface area contributed by atoms with E-state index in [1.807, 2.05) is 51.1 Å². The number of fused-ring (bicyclic) bond motifs is 1. The number of likely N-dealkylation sites (tertiary alicyclic amines) is 1. The van der Waals surface area contributed by atoms with Crippen molar-refractivity contribution in [3.63, 3.8) is 0 Å². The first-order chi connectivity index (χ1) is 10.8. The Kier molecular flexibility index (Phi) is 4.11. The van der Waals surface area contributed by atoms with E-state index in [9.17, 15) is 9.90 Å². The molecule has 122 valence electrons. The molecule has 1 aromatic heterocycles. The van der Waals surface area contributed by atoms with Gasteiger partial charge in [0.1, 0.15) is 0 Å². The molecule has 1 aromatic carbocycles. The Balaban J connectivity index is 1.73. The van der Waals surface area contributed by atoms with Crippen LogP contribution in [0.2, 0.25) is 0 Å². The molecule has 1 N–H and O–H groups in total. The number of aromatic nitrogens is 1. The summed E-state index contributed by atoms with van der Waals surface area (Å²) in [5.41, 5.74) is 1.54. The molecule has 1 amide bonds. The summed E-state index contributed by atoms with van der Waals surface area (Å²) < 4.78 is 0. The molecular weight excluding hydrogens is 288 g/mol. The highest BCUT2D eigenvalue weighted by Gasteiger charge is 2.37. The van der Waals surface area contributed by atoms with Crippen LogP contribution >= 0.6 is 0 Å². The molecule has 1 aliphatic rings. The Morgan fingerprint density at radius 2 is 1.96 bits per heavy atom. The minimum Gasteiger partial charge on any atom is -0.391 e. The van der Waals surface area contributed by atoms with Crippen LogP contribution in [0, 0.1) is 11.3 Å². The maximum Gasteiger partial charge on any atom is 0.228 e. The highest BCUT2D eigenvalue weighted by molar-refractivity contribution is 5.82. The standard InChI is InChI=1S/C19H24N2O2/c1-19(2,3)18(23)21-11-14(17(22)12-21)10-15-9-8-13-6-4-5-7-16(13)20-15/h4-9,14,17,22H,10-12H2,1-3H3/t14-,17-/m1/s1. The molecule has 4 nitrogen and oxygen atoms in total. The number of aliphatic hydroxyl groups is 1. The molecule has 0 aliphatic carbocycles. The molecule has 1 saturated heterocycles. The van der Waals surface area contributed by atoms with Crippen molar-refractivity contribution < 1.29 is 9.90 Å². The number of aliphatic hydroxyl groups excluding tert-OH is 1. The number of pyridine rings is 1. The van der Waals surface area contributed by atoms with Gasteiger partial charge in [-0.15, -0.1) is 0 Å². The fraction of sp³-hybridized carbons (Fsp3) is 0.474. The highest BCUT2D eigenvalue weighted by atomic mass is 16.3. The molecule has 0 saturated carbocycles. The Labute approximate surface area is 137 Å². The van der Waals surface area contributed by atoms with Crippen LogP contribution < -0.4 is 0 Å². The number of para-hydroxylation sites is 1. The van der Waals surface area contributed by atoms with Crippen molar-refractivity contribution in [3.05, 3.63) is 42.1 Å². The number of amides is 1. The monoisotopic (exact) mass is 312 g/mol. The zero-order chi connectivity index (χ0) is 16.6. The van der Waals surface area contributed by atoms with Gasteiger partial charge in [0, 0.05) is 35.5 Å². The molecule has 1 aliphatic heterocycles. The first-order valence-corrected chi connectivity index (χ1v) is 8.17. The Morgan fingerprint density at radius 1 is 1.22 bits per heavy atom. The van der Waals surface area contributed by atoms with Gasteiger partial charge in [0.05, 0.1) is 11.6 Å². The van der Waals surface area contributed by atoms with Gasteiger partial charge in [-0.2, -0.15) is 0 Å². The third kappa shape index (κ3) is 3.37. The third-order valence-corrected chi connectivity index (χ3v) is 4.46. The van der Waals surface area contributed by atoms with Crippen LogP contribution in [-0.4, -0.2) is 40.1 Å². The second-order valence-corrected chi connectivity index (χ2v) is 7.49. The van der Waals surface area contributed by atoms with Gasteiger partial charge in [-0.25, -0.2) is 0 Å². The Bertz CT molecular complexity index is 721. The van der Waals surface area contributed by atoms with Crippen molar-refractivity contribution in [1.82, 2.24) is 9.88 Å². The number of rotatable bonds is 2. The van der Waals surface area contributed by atoms with E-state index in [0.717, 1.165) is 16.6 Å². The maximum atomic E-state index is 12.4. The SMILES string of the molecule is CC(C)(C)C(=O)N1C[C@@H](Cc2ccc3ccccc3n2)[C@H](O)C1. The molecule has 4 heteroatoms. The van der Waals surface area contributed by atoms with Gasteiger partial charge in [0.15, 0.2) is 0 Å². The van der Waals surface area contributed by atoms with Crippen molar-refractivity contribution in [2.75, 3.05) is 13.1 Å². The van der Waals surface area contributed by atoms with Gasteiger partial charge in [-0.1, -0.05) is 45.0 Å². The van der Waals surface area contributed by atoms with Gasteiger partial charge in [-0.05, 0) is 18.6 Å². The lowest BCUT2D eigenvalue weighted by Gasteiger charge is -2.25. The number of hydrogen-bond donors (Lipinski definition) is 1. The van der Waals surface area contributed by atoms with Gasteiger partial charge < -0.3 is 10.0 Å². The van der Waals surface area contributed by atoms with Crippen LogP contribution in [0.4, 0.5) is 0 Å². The number of carbonyl (C=O) groups is 1. The van der Waals surface area contributed by atoms with E-state index in [0.29, 0.717) is 19.5 Å². The summed E-state index contributed by atoms with van der Waals surface area (Å²) in [5, 5.41) is 11.4. The minimum atomic E-state index is -0.477. The Morgan fingerprint density at radius 3 is 2.70 bits per heavy atom. The van der Waals surface area contributed by atoms with E-state index in [4.69, 9.17) is 0 Å². The van der Waals surface area contributed by atoms with Crippen molar-refractivity contribution in [2.45, 2.75) is 33.3 Å². The van der Waals surface area contributed by atoms with Crippen molar-refractivity contribution >= 4 is 16.8 Å². The number of β-amino-alcohol motifs (C(OH)–C–C–N with tert-alkyl or cyclic N) is 1. The summed E-state index contributed by atoms with van der Waals surface area (Å²) >= 11 is 0. The maximum absolute atomic E-state index is 12.4. The predicted molar refractivity (Wildman–Crippen MR) is 91.0 cm³/mol. The second-order valence-electron chi connectivity index (χ2n) is 7.49. The molecule has 3 rings (SSSR count). The molecule has 0 unspecified atom stereocenters. The van der Waals surface area contributed by atoms with Crippen LogP contribution in [0.3, 0.4) is 0 Å². The lowest BCUT2D eigenvalue weighted by Crippen LogP contribution is -2.38. The summed E-state index contributed by atoms with van der Waals surface area (Å²) in [6.45, 7) is 6.78. The quantitative estimate of drug-likeness (QED) is 0.927. The average Bonchev–Trinajstić information content (AvgIpc) is 2.86. The molecule has 2 aromatic rings. The molecule has 0 radical (unpaired) electrons. The topological polar surface area (TPSA) is 53.4 Å². The molecule has 1 fully saturated rings. The lowest BCUT2D eigenvalue weighted by atomic mass is 9.95. The van der Waals surface area contributed by atoms with Crippen molar-refractivity contribution in [2.24, 2.45) is 11.3 Å². The van der Waals surface area contributed by atoms with Gasteiger partial charge >= 0.3 is 0 Å². The molecule has 2 atom stereocenters. The smallest absolute Gasteiger partial charge is 0.228 e. The van der Waals surface area contributed by atoms with E-state index < -0.39 is 11.5 Å². The second kappa shape index (κ2) is 5.93. The zero-order valence-corrected chi connectivity index (χ0v) is 14.0. The molecule has 2 heterocycles. The highest BCUT2D eigenvalue weighted by Crippen LogP contribution is 2.26. The number of benzene rings is 1. The van der Waals surface area contributed by atoms with Crippen LogP contribution in [0.1, 0.15) is 26.5 Å². The zero-order valence-electron chi connectivity index (χ0n) is 14.0. The van der Waals surface area contributed by atoms with E-state index in [-0.39, 0.29) is 11.8 Å². The van der Waals surface area contributed by atoms with Crippen LogP contribution in [0.25, 0.3) is 10.9 Å². The average molecular weight is 312 g/mol. The minimum absolute atomic E-state index is 0.0509. The van der Waals surface area contributed by atoms with E-state index >= 15 is 0 Å². The summed E-state index contributed by atoms with van der Waals surface area (Å²) in [4.78, 5) is 18.8. The lowest BCUT2D eigenvalue weighted by molar-refractivity contribution is -0.138. The van der Waals surface area contributed by atoms with Crippen LogP contribution in [0.5, 0.6) is 0 Å². The molecule has 0 spiro atoms. The summed E-state index contributed by atoms with van der Waals surface area (Å²) in [6, 6.07) is 12.1. The Hall–Kier alpha value is -1.94. The number of hydrogen-bond acceptors (Lipinski definition) is 3. The van der Waals surface area contributed by atoms with Crippen LogP contribution in [0.15, 0.2) is 36.4 Å². The van der Waals surface area contributed by atoms with E-state index in [2.05, 4.69) is 11.1 Å². The fourth-order valence-electron chi connectivity index (χ4n) is 3.19. The summed E-state index contributed by atoms with van der Waals surface area (Å²) in [7, 11) is 0. The van der Waals surface area contributed by atoms with Crippen LogP contribution in [-0.2, 0) is 11.2 Å². The fourth-order valence-corrected chi connectivity index (χ4v) is 3.19. The predicted octanol–water partition coefficient (Wildman–Crippen LogP) is 2.64. The van der Waals surface area contributed by atoms with E-state index in [1.165, 1.54) is 0 Å². The first-order valence-electron chi connectivity index (χ1n) is 8.17. The normalized spacial score (nSPS) is 21.8.